The second kappa shape index (κ2) is 8.21. The Labute approximate surface area is 178 Å². The average Bonchev–Trinajstić information content (AvgIpc) is 3.06. The van der Waals surface area contributed by atoms with Crippen LogP contribution < -0.4 is 9.46 Å². The van der Waals surface area contributed by atoms with Crippen LogP contribution in [0.5, 0.6) is 5.75 Å². The molecule has 2 N–H and O–H groups in total. The van der Waals surface area contributed by atoms with E-state index in [0.29, 0.717) is 12.1 Å². The van der Waals surface area contributed by atoms with Crippen molar-refractivity contribution in [3.05, 3.63) is 59.2 Å². The number of sulfonamides is 1. The van der Waals surface area contributed by atoms with Gasteiger partial charge in [-0.1, -0.05) is 29.8 Å². The predicted molar refractivity (Wildman–Crippen MR) is 119 cm³/mol. The minimum Gasteiger partial charge on any atom is -0.488 e. The van der Waals surface area contributed by atoms with Gasteiger partial charge in [0.15, 0.2) is 0 Å². The van der Waals surface area contributed by atoms with E-state index in [1.807, 2.05) is 12.1 Å². The number of nitrogens with zero attached hydrogens (tertiary/aromatic N) is 1. The number of hydrogen-bond acceptors (Lipinski definition) is 5. The highest BCUT2D eigenvalue weighted by atomic mass is 32.2. The molecule has 0 radical (unpaired) electrons. The van der Waals surface area contributed by atoms with Crippen molar-refractivity contribution in [1.29, 1.82) is 0 Å². The zero-order chi connectivity index (χ0) is 21.4. The minimum absolute atomic E-state index is 0.0526. The fourth-order valence-corrected chi connectivity index (χ4v) is 4.96. The highest BCUT2D eigenvalue weighted by Gasteiger charge is 2.34. The van der Waals surface area contributed by atoms with Crippen molar-refractivity contribution in [2.75, 3.05) is 30.6 Å². The Kier molecular flexibility index (Phi) is 5.79. The van der Waals surface area contributed by atoms with Crippen LogP contribution >= 0.6 is 0 Å². The molecule has 0 aliphatic carbocycles. The SMILES string of the molecule is Cc1ccc(CC2(O)CCN(CC3Cc4cc(NS(C)(=O)=O)ccc4O3)CC2)cc1. The summed E-state index contributed by atoms with van der Waals surface area (Å²) in [6.07, 6.45) is 4.17. The molecule has 7 heteroatoms. The fourth-order valence-electron chi connectivity index (χ4n) is 4.40. The third-order valence-corrected chi connectivity index (χ3v) is 6.61. The highest BCUT2D eigenvalue weighted by molar-refractivity contribution is 7.92. The second-order valence-corrected chi connectivity index (χ2v) is 10.6. The Morgan fingerprint density at radius 3 is 2.53 bits per heavy atom. The first-order valence-electron chi connectivity index (χ1n) is 10.5. The van der Waals surface area contributed by atoms with Crippen molar-refractivity contribution in [3.8, 4) is 5.75 Å². The summed E-state index contributed by atoms with van der Waals surface area (Å²) in [5.41, 5.74) is 3.38. The van der Waals surface area contributed by atoms with E-state index in [1.54, 1.807) is 6.07 Å². The number of piperidine rings is 1. The molecule has 2 aromatic carbocycles. The Bertz CT molecular complexity index is 996. The van der Waals surface area contributed by atoms with E-state index in [0.717, 1.165) is 56.5 Å². The molecule has 2 aliphatic heterocycles. The summed E-state index contributed by atoms with van der Waals surface area (Å²) < 4.78 is 31.5. The molecular formula is C23H30N2O4S. The number of aliphatic hydroxyl groups is 1. The van der Waals surface area contributed by atoms with Crippen molar-refractivity contribution < 1.29 is 18.3 Å². The molecule has 0 spiro atoms. The van der Waals surface area contributed by atoms with Gasteiger partial charge in [0, 0.05) is 38.2 Å². The molecule has 30 heavy (non-hydrogen) atoms. The van der Waals surface area contributed by atoms with Crippen LogP contribution in [-0.4, -0.2) is 56.0 Å². The van der Waals surface area contributed by atoms with Gasteiger partial charge in [-0.2, -0.15) is 0 Å². The molecule has 2 aromatic rings. The molecule has 1 saturated heterocycles. The number of hydrogen-bond donors (Lipinski definition) is 2. The van der Waals surface area contributed by atoms with Crippen molar-refractivity contribution in [2.24, 2.45) is 0 Å². The summed E-state index contributed by atoms with van der Waals surface area (Å²) in [7, 11) is -3.29. The summed E-state index contributed by atoms with van der Waals surface area (Å²) in [4.78, 5) is 2.36. The van der Waals surface area contributed by atoms with Crippen molar-refractivity contribution >= 4 is 15.7 Å². The smallest absolute Gasteiger partial charge is 0.229 e. The molecule has 1 atom stereocenters. The van der Waals surface area contributed by atoms with Crippen molar-refractivity contribution in [2.45, 2.75) is 44.3 Å². The van der Waals surface area contributed by atoms with Crippen LogP contribution in [0.2, 0.25) is 0 Å². The Hall–Kier alpha value is -2.09. The highest BCUT2D eigenvalue weighted by Crippen LogP contribution is 2.33. The van der Waals surface area contributed by atoms with Crippen LogP contribution in [-0.2, 0) is 22.9 Å². The quantitative estimate of drug-likeness (QED) is 0.737. The molecule has 2 aliphatic rings. The lowest BCUT2D eigenvalue weighted by molar-refractivity contribution is -0.0265. The average molecular weight is 431 g/mol. The number of likely N-dealkylation sites (tertiary alicyclic amines) is 1. The van der Waals surface area contributed by atoms with Gasteiger partial charge in [-0.05, 0) is 49.1 Å². The Balaban J connectivity index is 1.29. The largest absolute Gasteiger partial charge is 0.488 e. The first-order valence-corrected chi connectivity index (χ1v) is 12.3. The van der Waals surface area contributed by atoms with E-state index in [4.69, 9.17) is 4.74 Å². The number of rotatable bonds is 6. The van der Waals surface area contributed by atoms with Crippen molar-refractivity contribution in [3.63, 3.8) is 0 Å². The van der Waals surface area contributed by atoms with Gasteiger partial charge in [0.05, 0.1) is 11.9 Å². The zero-order valence-corrected chi connectivity index (χ0v) is 18.4. The number of nitrogens with one attached hydrogen (secondary N) is 1. The summed E-state index contributed by atoms with van der Waals surface area (Å²) in [6.45, 7) is 4.58. The fraction of sp³-hybridized carbons (Fsp3) is 0.478. The van der Waals surface area contributed by atoms with E-state index >= 15 is 0 Å². The summed E-state index contributed by atoms with van der Waals surface area (Å²) in [5, 5.41) is 11.0. The standard InChI is InChI=1S/C23H30N2O4S/c1-17-3-5-18(6-4-17)15-23(26)9-11-25(12-10-23)16-21-14-19-13-20(24-30(2,27)28)7-8-22(19)29-21/h3-8,13,21,24,26H,9-12,14-16H2,1-2H3. The van der Waals surface area contributed by atoms with E-state index < -0.39 is 15.6 Å². The molecule has 1 fully saturated rings. The van der Waals surface area contributed by atoms with Gasteiger partial charge < -0.3 is 9.84 Å². The minimum atomic E-state index is -3.29. The van der Waals surface area contributed by atoms with Crippen LogP contribution in [0.25, 0.3) is 0 Å². The number of anilines is 1. The second-order valence-electron chi connectivity index (χ2n) is 8.83. The van der Waals surface area contributed by atoms with Crippen LogP contribution in [0.4, 0.5) is 5.69 Å². The van der Waals surface area contributed by atoms with Crippen LogP contribution in [0.3, 0.4) is 0 Å². The summed E-state index contributed by atoms with van der Waals surface area (Å²) in [5.74, 6) is 0.826. The number of fused-ring (bicyclic) bond motifs is 1. The molecule has 162 valence electrons. The monoisotopic (exact) mass is 430 g/mol. The van der Waals surface area contributed by atoms with Gasteiger partial charge in [-0.15, -0.1) is 0 Å². The van der Waals surface area contributed by atoms with Crippen LogP contribution in [0.1, 0.15) is 29.5 Å². The lowest BCUT2D eigenvalue weighted by Crippen LogP contribution is -2.48. The molecule has 0 bridgehead atoms. The number of benzene rings is 2. The van der Waals surface area contributed by atoms with Crippen LogP contribution in [0, 0.1) is 6.92 Å². The van der Waals surface area contributed by atoms with Gasteiger partial charge in [0.1, 0.15) is 11.9 Å². The Morgan fingerprint density at radius 1 is 1.17 bits per heavy atom. The van der Waals surface area contributed by atoms with Gasteiger partial charge in [-0.3, -0.25) is 9.62 Å². The molecule has 0 aromatic heterocycles. The maximum Gasteiger partial charge on any atom is 0.229 e. The number of ether oxygens (including phenoxy) is 1. The first kappa shape index (κ1) is 21.2. The lowest BCUT2D eigenvalue weighted by atomic mass is 9.85. The summed E-state index contributed by atoms with van der Waals surface area (Å²) in [6, 6.07) is 13.8. The lowest BCUT2D eigenvalue weighted by Gasteiger charge is -2.39. The molecule has 4 rings (SSSR count). The van der Waals surface area contributed by atoms with E-state index in [2.05, 4.69) is 40.8 Å². The maximum atomic E-state index is 11.4. The number of aryl methyl sites for hydroxylation is 1. The third-order valence-electron chi connectivity index (χ3n) is 6.01. The molecule has 0 saturated carbocycles. The van der Waals surface area contributed by atoms with Crippen molar-refractivity contribution in [1.82, 2.24) is 4.90 Å². The third kappa shape index (κ3) is 5.33. The molecule has 2 heterocycles. The van der Waals surface area contributed by atoms with Gasteiger partial charge >= 0.3 is 0 Å². The molecule has 6 nitrogen and oxygen atoms in total. The zero-order valence-electron chi connectivity index (χ0n) is 17.6. The molecule has 0 amide bonds. The molecule has 1 unspecified atom stereocenters. The van der Waals surface area contributed by atoms with Gasteiger partial charge in [0.25, 0.3) is 0 Å². The predicted octanol–water partition coefficient (Wildman–Crippen LogP) is 2.74. The van der Waals surface area contributed by atoms with E-state index in [1.165, 1.54) is 11.1 Å². The summed E-state index contributed by atoms with van der Waals surface area (Å²) >= 11 is 0. The Morgan fingerprint density at radius 2 is 1.87 bits per heavy atom. The maximum absolute atomic E-state index is 11.4. The van der Waals surface area contributed by atoms with E-state index in [9.17, 15) is 13.5 Å². The normalized spacial score (nSPS) is 21.1. The van der Waals surface area contributed by atoms with Gasteiger partial charge in [0.2, 0.25) is 10.0 Å². The van der Waals surface area contributed by atoms with Gasteiger partial charge in [-0.25, -0.2) is 8.42 Å². The topological polar surface area (TPSA) is 78.9 Å². The first-order chi connectivity index (χ1) is 14.2. The van der Waals surface area contributed by atoms with Crippen LogP contribution in [0.15, 0.2) is 42.5 Å². The molecular weight excluding hydrogens is 400 g/mol. The van der Waals surface area contributed by atoms with E-state index in [-0.39, 0.29) is 6.10 Å².